The third-order valence-corrected chi connectivity index (χ3v) is 8.81. The lowest BCUT2D eigenvalue weighted by molar-refractivity contribution is -0.135. The van der Waals surface area contributed by atoms with Crippen LogP contribution >= 0.6 is 0 Å². The number of rotatable bonds is 5. The molecule has 0 saturated carbocycles. The van der Waals surface area contributed by atoms with Gasteiger partial charge in [-0.15, -0.1) is 0 Å². The molecule has 0 aromatic heterocycles. The molecule has 0 spiro atoms. The van der Waals surface area contributed by atoms with Crippen molar-refractivity contribution in [2.75, 3.05) is 52.7 Å². The average Bonchev–Trinajstić information content (AvgIpc) is 3.38. The number of carbonyl (C=O) groups excluding carboxylic acids is 2. The van der Waals surface area contributed by atoms with E-state index in [9.17, 15) is 9.59 Å². The lowest BCUT2D eigenvalue weighted by atomic mass is 9.69. The van der Waals surface area contributed by atoms with Gasteiger partial charge in [0.2, 0.25) is 12.7 Å². The van der Waals surface area contributed by atoms with Crippen molar-refractivity contribution in [3.05, 3.63) is 23.8 Å². The van der Waals surface area contributed by atoms with Crippen LogP contribution in [-0.2, 0) is 9.53 Å². The zero-order chi connectivity index (χ0) is 23.8. The zero-order valence-corrected chi connectivity index (χ0v) is 20.5. The van der Waals surface area contributed by atoms with Gasteiger partial charge in [-0.05, 0) is 81.6 Å². The minimum absolute atomic E-state index is 0.0916. The molecular weight excluding hydrogens is 446 g/mol. The molecule has 190 valence electrons. The molecule has 35 heavy (non-hydrogen) atoms. The number of benzene rings is 1. The van der Waals surface area contributed by atoms with Crippen LogP contribution < -0.4 is 9.47 Å². The fourth-order valence-electron chi connectivity index (χ4n) is 7.23. The predicted octanol–water partition coefficient (Wildman–Crippen LogP) is 2.76. The summed E-state index contributed by atoms with van der Waals surface area (Å²) in [5.41, 5.74) is 0.672. The molecule has 4 fully saturated rings. The number of carbonyl (C=O) groups is 2. The highest BCUT2D eigenvalue weighted by molar-refractivity contribution is 5.95. The van der Waals surface area contributed by atoms with Crippen molar-refractivity contribution in [2.24, 2.45) is 11.8 Å². The summed E-state index contributed by atoms with van der Waals surface area (Å²) in [7, 11) is 0. The molecule has 8 nitrogen and oxygen atoms in total. The Kier molecular flexibility index (Phi) is 6.58. The van der Waals surface area contributed by atoms with Gasteiger partial charge in [-0.2, -0.15) is 0 Å². The van der Waals surface area contributed by atoms with Gasteiger partial charge in [0.15, 0.2) is 11.5 Å². The summed E-state index contributed by atoms with van der Waals surface area (Å²) < 4.78 is 16.4. The Morgan fingerprint density at radius 3 is 2.63 bits per heavy atom. The maximum absolute atomic E-state index is 13.9. The number of hydrogen-bond donors (Lipinski definition) is 0. The molecular formula is C27H37N3O5. The van der Waals surface area contributed by atoms with Gasteiger partial charge < -0.3 is 24.0 Å². The number of amides is 2. The molecule has 0 N–H and O–H groups in total. The number of morpholine rings is 1. The van der Waals surface area contributed by atoms with Crippen LogP contribution in [0.2, 0.25) is 0 Å². The summed E-state index contributed by atoms with van der Waals surface area (Å²) in [4.78, 5) is 33.5. The van der Waals surface area contributed by atoms with E-state index in [4.69, 9.17) is 14.2 Å². The van der Waals surface area contributed by atoms with Crippen LogP contribution in [0.4, 0.5) is 0 Å². The van der Waals surface area contributed by atoms with Crippen LogP contribution in [0.5, 0.6) is 11.5 Å². The van der Waals surface area contributed by atoms with Gasteiger partial charge in [0, 0.05) is 43.7 Å². The number of ether oxygens (including phenoxy) is 3. The SMILES string of the molecule is O=C(CCC[C@@H]1[C@H]2CCCN3CCC[C@@H](CN1C(=O)c1ccc4c(c1)OCO4)[C@@H]23)N1CCOCC1. The second-order valence-electron chi connectivity index (χ2n) is 10.7. The van der Waals surface area contributed by atoms with Crippen molar-refractivity contribution >= 4 is 11.8 Å². The second kappa shape index (κ2) is 9.97. The van der Waals surface area contributed by atoms with E-state index in [1.807, 2.05) is 23.1 Å². The second-order valence-corrected chi connectivity index (χ2v) is 10.7. The lowest BCUT2D eigenvalue weighted by Crippen LogP contribution is -2.65. The summed E-state index contributed by atoms with van der Waals surface area (Å²) in [6, 6.07) is 6.31. The van der Waals surface area contributed by atoms with Crippen LogP contribution in [0.25, 0.3) is 0 Å². The summed E-state index contributed by atoms with van der Waals surface area (Å²) in [5, 5.41) is 0. The third-order valence-electron chi connectivity index (χ3n) is 8.81. The molecule has 0 unspecified atom stereocenters. The van der Waals surface area contributed by atoms with Crippen molar-refractivity contribution in [2.45, 2.75) is 57.0 Å². The number of piperidine rings is 3. The van der Waals surface area contributed by atoms with Crippen molar-refractivity contribution in [3.8, 4) is 11.5 Å². The molecule has 0 bridgehead atoms. The zero-order valence-electron chi connectivity index (χ0n) is 20.5. The van der Waals surface area contributed by atoms with E-state index in [-0.39, 0.29) is 24.6 Å². The van der Waals surface area contributed by atoms with Crippen molar-refractivity contribution in [3.63, 3.8) is 0 Å². The van der Waals surface area contributed by atoms with Gasteiger partial charge in [-0.3, -0.25) is 14.5 Å². The highest BCUT2D eigenvalue weighted by Crippen LogP contribution is 2.44. The summed E-state index contributed by atoms with van der Waals surface area (Å²) >= 11 is 0. The van der Waals surface area contributed by atoms with Crippen molar-refractivity contribution in [1.29, 1.82) is 0 Å². The molecule has 8 heteroatoms. The van der Waals surface area contributed by atoms with E-state index >= 15 is 0 Å². The third kappa shape index (κ3) is 4.51. The van der Waals surface area contributed by atoms with E-state index in [1.54, 1.807) is 0 Å². The topological polar surface area (TPSA) is 71.6 Å². The number of nitrogens with zero attached hydrogens (tertiary/aromatic N) is 3. The molecule has 2 amide bonds. The number of fused-ring (bicyclic) bond motifs is 1. The molecule has 1 aromatic rings. The van der Waals surface area contributed by atoms with Gasteiger partial charge in [0.25, 0.3) is 5.91 Å². The van der Waals surface area contributed by atoms with Crippen LogP contribution in [0.15, 0.2) is 18.2 Å². The van der Waals surface area contributed by atoms with E-state index in [0.29, 0.717) is 67.7 Å². The quantitative estimate of drug-likeness (QED) is 0.642. The van der Waals surface area contributed by atoms with Crippen LogP contribution in [0.1, 0.15) is 55.3 Å². The molecule has 1 aromatic carbocycles. The van der Waals surface area contributed by atoms with Crippen molar-refractivity contribution < 1.29 is 23.8 Å². The molecule has 5 aliphatic rings. The van der Waals surface area contributed by atoms with E-state index < -0.39 is 0 Å². The highest BCUT2D eigenvalue weighted by Gasteiger charge is 2.49. The first kappa shape index (κ1) is 23.1. The van der Waals surface area contributed by atoms with Gasteiger partial charge >= 0.3 is 0 Å². The summed E-state index contributed by atoms with van der Waals surface area (Å²) in [6.07, 6.45) is 7.04. The minimum Gasteiger partial charge on any atom is -0.454 e. The van der Waals surface area contributed by atoms with Gasteiger partial charge in [0.05, 0.1) is 13.2 Å². The Bertz CT molecular complexity index is 947. The normalized spacial score (nSPS) is 30.2. The van der Waals surface area contributed by atoms with Gasteiger partial charge in [0.1, 0.15) is 0 Å². The summed E-state index contributed by atoms with van der Waals surface area (Å²) in [6.45, 7) is 6.05. The van der Waals surface area contributed by atoms with E-state index in [2.05, 4.69) is 9.80 Å². The Hall–Kier alpha value is -2.32. The molecule has 6 rings (SSSR count). The smallest absolute Gasteiger partial charge is 0.254 e. The maximum atomic E-state index is 13.9. The van der Waals surface area contributed by atoms with Gasteiger partial charge in [-0.1, -0.05) is 0 Å². The first-order chi connectivity index (χ1) is 17.2. The Labute approximate surface area is 207 Å². The maximum Gasteiger partial charge on any atom is 0.254 e. The molecule has 4 saturated heterocycles. The largest absolute Gasteiger partial charge is 0.454 e. The van der Waals surface area contributed by atoms with Crippen LogP contribution in [0, 0.1) is 11.8 Å². The lowest BCUT2D eigenvalue weighted by Gasteiger charge is -2.57. The monoisotopic (exact) mass is 483 g/mol. The van der Waals surface area contributed by atoms with E-state index in [1.165, 1.54) is 38.8 Å². The predicted molar refractivity (Wildman–Crippen MR) is 129 cm³/mol. The van der Waals surface area contributed by atoms with Gasteiger partial charge in [-0.25, -0.2) is 0 Å². The van der Waals surface area contributed by atoms with Crippen molar-refractivity contribution in [1.82, 2.24) is 14.7 Å². The van der Waals surface area contributed by atoms with E-state index in [0.717, 1.165) is 19.4 Å². The molecule has 5 heterocycles. The minimum atomic E-state index is 0.0916. The molecule has 0 radical (unpaired) electrons. The number of likely N-dealkylation sites (tertiary alicyclic amines) is 1. The average molecular weight is 484 g/mol. The first-order valence-electron chi connectivity index (χ1n) is 13.5. The Morgan fingerprint density at radius 2 is 1.77 bits per heavy atom. The Balaban J connectivity index is 1.21. The van der Waals surface area contributed by atoms with Crippen LogP contribution in [-0.4, -0.2) is 91.3 Å². The Morgan fingerprint density at radius 1 is 0.971 bits per heavy atom. The number of hydrogen-bond acceptors (Lipinski definition) is 6. The molecule has 5 aliphatic heterocycles. The molecule has 0 aliphatic carbocycles. The fourth-order valence-corrected chi connectivity index (χ4v) is 7.23. The summed E-state index contributed by atoms with van der Waals surface area (Å²) in [5.74, 6) is 2.69. The van der Waals surface area contributed by atoms with Crippen LogP contribution in [0.3, 0.4) is 0 Å². The molecule has 4 atom stereocenters. The standard InChI is InChI=1S/C27H37N3O5/c31-25(28-12-14-33-15-13-28)7-1-6-22-21-5-3-11-29-10-2-4-20(26(21)29)17-30(22)27(32)19-8-9-23-24(16-19)35-18-34-23/h8-9,16,20-22,26H,1-7,10-15,17-18H2/t20-,21+,22+,26-/m0/s1. The first-order valence-corrected chi connectivity index (χ1v) is 13.5. The fraction of sp³-hybridized carbons (Fsp3) is 0.704. The highest BCUT2D eigenvalue weighted by atomic mass is 16.7.